The monoisotopic (exact) mass is 1010 g/mol. The fourth-order valence-corrected chi connectivity index (χ4v) is 14.4. The van der Waals surface area contributed by atoms with E-state index in [0.29, 0.717) is 36.5 Å². The summed E-state index contributed by atoms with van der Waals surface area (Å²) < 4.78 is 16.2. The molecule has 64 heavy (non-hydrogen) atoms. The van der Waals surface area contributed by atoms with Gasteiger partial charge in [-0.25, -0.2) is 0 Å². The molecule has 0 aromatic carbocycles. The Morgan fingerprint density at radius 3 is 0.984 bits per heavy atom. The molecule has 3 saturated heterocycles. The van der Waals surface area contributed by atoms with Crippen molar-refractivity contribution in [2.75, 3.05) is 17.3 Å². The number of hydrogen-bond donors (Lipinski definition) is 0. The van der Waals surface area contributed by atoms with E-state index < -0.39 is 26.5 Å². The van der Waals surface area contributed by atoms with Gasteiger partial charge in [-0.05, 0) is 55.7 Å². The number of hydrogen-bond acceptors (Lipinski definition) is 21. The second-order valence-electron chi connectivity index (χ2n) is 14.0. The Bertz CT molecular complexity index is 1740. The van der Waals surface area contributed by atoms with Gasteiger partial charge < -0.3 is 13.6 Å². The highest BCUT2D eigenvalue weighted by Crippen LogP contribution is 2.43. The molecule has 6 aliphatic rings. The molecular weight excluding hydrogens is 968 g/mol. The van der Waals surface area contributed by atoms with Gasteiger partial charge in [0.05, 0.1) is 0 Å². The first kappa shape index (κ1) is 49.6. The lowest BCUT2D eigenvalue weighted by atomic mass is 10.3. The van der Waals surface area contributed by atoms with Crippen molar-refractivity contribution in [3.63, 3.8) is 0 Å². The predicted octanol–water partition coefficient (Wildman–Crippen LogP) is 6.65. The van der Waals surface area contributed by atoms with E-state index in [9.17, 15) is 43.2 Å². The SMILES string of the molecule is O=C(CCCSSC1C=CC=CN1N1C(=O)CCC1=O)OP(OC(=O)CCCSSC1C=CC=CN1N1C(=O)CCC1=O)OC(=O)CCCSSC1C=CC=CN1N1C(=O)CCC1=O. The highest BCUT2D eigenvalue weighted by molar-refractivity contribution is 8.77. The number of imide groups is 3. The van der Waals surface area contributed by atoms with Crippen LogP contribution >= 0.6 is 73.4 Å². The molecule has 6 rings (SSSR count). The van der Waals surface area contributed by atoms with E-state index in [-0.39, 0.29) is 109 Å². The van der Waals surface area contributed by atoms with Gasteiger partial charge in [-0.3, -0.25) is 58.2 Å². The number of rotatable bonds is 24. The van der Waals surface area contributed by atoms with Gasteiger partial charge in [0, 0.05) is 93.6 Å². The maximum atomic E-state index is 13.0. The lowest BCUT2D eigenvalue weighted by Crippen LogP contribution is -2.47. The number of hydrazine groups is 3. The van der Waals surface area contributed by atoms with Crippen LogP contribution in [0.25, 0.3) is 0 Å². The summed E-state index contributed by atoms with van der Waals surface area (Å²) in [4.78, 5) is 113. The quantitative estimate of drug-likeness (QED) is 0.0430. The number of nitrogens with zero attached hydrogens (tertiary/aromatic N) is 6. The summed E-state index contributed by atoms with van der Waals surface area (Å²) >= 11 is 0. The lowest BCUT2D eigenvalue weighted by molar-refractivity contribution is -0.154. The molecule has 0 aromatic heterocycles. The van der Waals surface area contributed by atoms with Gasteiger partial charge in [0.15, 0.2) is 0 Å². The minimum absolute atomic E-state index is 0.0661. The van der Waals surface area contributed by atoms with Crippen LogP contribution in [0.3, 0.4) is 0 Å². The molecule has 6 heterocycles. The minimum Gasteiger partial charge on any atom is -0.375 e. The van der Waals surface area contributed by atoms with Gasteiger partial charge in [0.2, 0.25) is 35.4 Å². The fourth-order valence-electron chi connectivity index (χ4n) is 6.27. The number of allylic oxidation sites excluding steroid dienone is 6. The van der Waals surface area contributed by atoms with E-state index in [1.165, 1.54) is 64.8 Å². The summed E-state index contributed by atoms with van der Waals surface area (Å²) in [6.45, 7) is 0. The molecule has 0 spiro atoms. The van der Waals surface area contributed by atoms with Crippen LogP contribution in [0.2, 0.25) is 0 Å². The third kappa shape index (κ3) is 14.1. The van der Waals surface area contributed by atoms with Crippen LogP contribution in [-0.2, 0) is 56.7 Å². The highest BCUT2D eigenvalue weighted by Gasteiger charge is 2.39. The maximum Gasteiger partial charge on any atom is 0.537 e. The zero-order chi connectivity index (χ0) is 45.4. The van der Waals surface area contributed by atoms with Crippen LogP contribution in [0.4, 0.5) is 0 Å². The third-order valence-electron chi connectivity index (χ3n) is 9.28. The summed E-state index contributed by atoms with van der Waals surface area (Å²) in [6, 6.07) is 0. The van der Waals surface area contributed by atoms with Crippen LogP contribution < -0.4 is 0 Å². The Kier molecular flexibility index (Phi) is 19.5. The minimum atomic E-state index is -2.71. The van der Waals surface area contributed by atoms with E-state index in [2.05, 4.69) is 0 Å². The van der Waals surface area contributed by atoms with E-state index in [1.54, 1.807) is 51.9 Å². The lowest BCUT2D eigenvalue weighted by Gasteiger charge is -2.35. The molecule has 344 valence electrons. The average molecular weight is 1010 g/mol. The molecule has 0 saturated carbocycles. The number of amides is 6. The topological polar surface area (TPSA) is 201 Å². The molecule has 0 N–H and O–H groups in total. The van der Waals surface area contributed by atoms with E-state index in [1.807, 2.05) is 36.5 Å². The van der Waals surface area contributed by atoms with Gasteiger partial charge in [-0.2, -0.15) is 15.0 Å². The molecule has 0 bridgehead atoms. The molecule has 6 aliphatic heterocycles. The van der Waals surface area contributed by atoms with Gasteiger partial charge in [0.25, 0.3) is 0 Å². The highest BCUT2D eigenvalue weighted by atomic mass is 33.1. The molecule has 0 aromatic rings. The van der Waals surface area contributed by atoms with Gasteiger partial charge in [0.1, 0.15) is 16.1 Å². The molecule has 25 heteroatoms. The zero-order valence-electron chi connectivity index (χ0n) is 34.2. The third-order valence-corrected chi connectivity index (χ3v) is 18.3. The van der Waals surface area contributed by atoms with Crippen molar-refractivity contribution in [3.05, 3.63) is 73.3 Å². The first-order chi connectivity index (χ1) is 31.0. The molecule has 3 fully saturated rings. The van der Waals surface area contributed by atoms with Crippen LogP contribution in [0.5, 0.6) is 0 Å². The molecular formula is C39H45N6O12PS6. The molecule has 0 aliphatic carbocycles. The molecule has 0 radical (unpaired) electrons. The summed E-state index contributed by atoms with van der Waals surface area (Å²) in [7, 11) is 5.87. The summed E-state index contributed by atoms with van der Waals surface area (Å²) in [6.07, 6.45) is 23.2. The first-order valence-corrected chi connectivity index (χ1v) is 28.5. The Morgan fingerprint density at radius 2 is 0.719 bits per heavy atom. The fraction of sp³-hybridized carbons (Fsp3) is 0.462. The van der Waals surface area contributed by atoms with E-state index in [4.69, 9.17) is 13.6 Å². The van der Waals surface area contributed by atoms with E-state index >= 15 is 0 Å². The van der Waals surface area contributed by atoms with Crippen LogP contribution in [0.15, 0.2) is 73.3 Å². The summed E-state index contributed by atoms with van der Waals surface area (Å²) in [5.41, 5.74) is 0. The second kappa shape index (κ2) is 25.2. The Labute approximate surface area is 394 Å². The van der Waals surface area contributed by atoms with Crippen molar-refractivity contribution in [1.29, 1.82) is 0 Å². The van der Waals surface area contributed by atoms with Crippen LogP contribution in [-0.4, -0.2) is 117 Å². The smallest absolute Gasteiger partial charge is 0.375 e. The summed E-state index contributed by atoms with van der Waals surface area (Å²) in [5, 5.41) is 7.29. The molecule has 18 nitrogen and oxygen atoms in total. The van der Waals surface area contributed by atoms with Crippen molar-refractivity contribution in [1.82, 2.24) is 30.1 Å². The van der Waals surface area contributed by atoms with Crippen molar-refractivity contribution < 1.29 is 56.7 Å². The Hall–Kier alpha value is -3.80. The summed E-state index contributed by atoms with van der Waals surface area (Å²) in [5.74, 6) is -2.27. The van der Waals surface area contributed by atoms with Gasteiger partial charge in [-0.1, -0.05) is 83.0 Å². The zero-order valence-corrected chi connectivity index (χ0v) is 40.0. The molecule has 3 unspecified atom stereocenters. The second-order valence-corrected chi connectivity index (χ2v) is 22.8. The Morgan fingerprint density at radius 1 is 0.453 bits per heavy atom. The van der Waals surface area contributed by atoms with Crippen molar-refractivity contribution in [2.45, 2.75) is 93.2 Å². The largest absolute Gasteiger partial charge is 0.537 e. The number of carbonyl (C=O) groups excluding carboxylic acids is 9. The van der Waals surface area contributed by atoms with Crippen LogP contribution in [0.1, 0.15) is 77.0 Å². The standard InChI is InChI=1S/C39H45N6O12PS6/c46-28-16-17-29(47)43(28)40-22-4-1-10-34(40)62-59-25-7-13-37(52)55-58(56-38(53)14-8-26-60-63-35-11-2-5-23-41(35)44-30(48)18-19-31(44)49)57-39(54)15-9-27-61-64-36-12-3-6-24-42(36)45-32(50)20-21-33(45)51/h1-6,10-12,22-24,34-36H,7-9,13-21,25-27H2. The van der Waals surface area contributed by atoms with Crippen molar-refractivity contribution >= 4 is 127 Å². The normalized spacial score (nSPS) is 22.2. The van der Waals surface area contributed by atoms with Crippen LogP contribution in [0, 0.1) is 0 Å². The predicted molar refractivity (Wildman–Crippen MR) is 248 cm³/mol. The van der Waals surface area contributed by atoms with Gasteiger partial charge in [-0.15, -0.1) is 0 Å². The molecule has 3 atom stereocenters. The maximum absolute atomic E-state index is 13.0. The first-order valence-electron chi connectivity index (χ1n) is 20.2. The Balaban J connectivity index is 0.934. The van der Waals surface area contributed by atoms with Crippen molar-refractivity contribution in [3.8, 4) is 0 Å². The van der Waals surface area contributed by atoms with Crippen molar-refractivity contribution in [2.24, 2.45) is 0 Å². The molecule has 6 amide bonds. The number of carbonyl (C=O) groups is 9. The van der Waals surface area contributed by atoms with Gasteiger partial charge >= 0.3 is 26.5 Å². The van der Waals surface area contributed by atoms with E-state index in [0.717, 1.165) is 15.0 Å². The average Bonchev–Trinajstić information content (AvgIpc) is 3.92.